The molecule has 1 aromatic heterocycles. The molecule has 0 spiro atoms. The average Bonchev–Trinajstić information content (AvgIpc) is 3.22. The van der Waals surface area contributed by atoms with E-state index in [1.807, 2.05) is 19.1 Å². The van der Waals surface area contributed by atoms with Crippen LogP contribution in [-0.4, -0.2) is 36.1 Å². The maximum Gasteiger partial charge on any atom is 0.410 e. The predicted octanol–water partition coefficient (Wildman–Crippen LogP) is 5.12. The van der Waals surface area contributed by atoms with Crippen molar-refractivity contribution in [1.82, 2.24) is 9.78 Å². The molecule has 0 aliphatic carbocycles. The van der Waals surface area contributed by atoms with E-state index in [1.54, 1.807) is 30.3 Å². The Morgan fingerprint density at radius 2 is 1.82 bits per heavy atom. The highest BCUT2D eigenvalue weighted by atomic mass is 19.4. The number of aromatic nitrogens is 2. The summed E-state index contributed by atoms with van der Waals surface area (Å²) in [6.45, 7) is 1.91. The number of alkyl halides is 3. The first-order chi connectivity index (χ1) is 15.7. The van der Waals surface area contributed by atoms with Gasteiger partial charge < -0.3 is 20.1 Å². The van der Waals surface area contributed by atoms with E-state index in [2.05, 4.69) is 15.7 Å². The standard InChI is InChI=1S/C23H23F3N4O3/c1-13-4-7-15(8-5-13)28-22(31)16-12-27-30-20(23(24,25)26)11-17(29-21(16)30)14-6-9-18(32-2)19(10-14)33-3/h4-10,12,17,20,29H,11H2,1-3H3,(H,28,31)/t17-,20+/m1/s1. The Morgan fingerprint density at radius 1 is 1.12 bits per heavy atom. The van der Waals surface area contributed by atoms with Gasteiger partial charge in [0.1, 0.15) is 11.4 Å². The first-order valence-electron chi connectivity index (χ1n) is 10.2. The lowest BCUT2D eigenvalue weighted by atomic mass is 9.96. The fourth-order valence-electron chi connectivity index (χ4n) is 3.85. The molecule has 1 aliphatic rings. The van der Waals surface area contributed by atoms with Crippen LogP contribution < -0.4 is 20.1 Å². The SMILES string of the molecule is COc1ccc([C@H]2C[C@@H](C(F)(F)F)n3ncc(C(=O)Nc4ccc(C)cc4)c3N2)cc1OC. The third-order valence-corrected chi connectivity index (χ3v) is 5.60. The van der Waals surface area contributed by atoms with Gasteiger partial charge in [-0.25, -0.2) is 4.68 Å². The fourth-order valence-corrected chi connectivity index (χ4v) is 3.85. The summed E-state index contributed by atoms with van der Waals surface area (Å²) in [4.78, 5) is 12.9. The summed E-state index contributed by atoms with van der Waals surface area (Å²) in [5.74, 6) is 0.318. The number of methoxy groups -OCH3 is 2. The monoisotopic (exact) mass is 460 g/mol. The van der Waals surface area contributed by atoms with Crippen LogP contribution in [0.3, 0.4) is 0 Å². The van der Waals surface area contributed by atoms with Crippen LogP contribution in [0.25, 0.3) is 0 Å². The summed E-state index contributed by atoms with van der Waals surface area (Å²) in [7, 11) is 2.94. The zero-order valence-corrected chi connectivity index (χ0v) is 18.2. The third-order valence-electron chi connectivity index (χ3n) is 5.60. The molecule has 33 heavy (non-hydrogen) atoms. The van der Waals surface area contributed by atoms with Crippen molar-refractivity contribution in [3.63, 3.8) is 0 Å². The van der Waals surface area contributed by atoms with Crippen molar-refractivity contribution in [3.8, 4) is 11.5 Å². The van der Waals surface area contributed by atoms with Gasteiger partial charge in [0.25, 0.3) is 5.91 Å². The van der Waals surface area contributed by atoms with Crippen LogP contribution >= 0.6 is 0 Å². The average molecular weight is 460 g/mol. The van der Waals surface area contributed by atoms with E-state index < -0.39 is 24.2 Å². The second-order valence-corrected chi connectivity index (χ2v) is 7.78. The Bertz CT molecular complexity index is 1160. The molecule has 2 heterocycles. The molecule has 174 valence electrons. The Kier molecular flexibility index (Phi) is 5.92. The molecule has 2 atom stereocenters. The number of halogens is 3. The topological polar surface area (TPSA) is 77.4 Å². The number of hydrogen-bond donors (Lipinski definition) is 2. The van der Waals surface area contributed by atoms with Crippen LogP contribution in [0, 0.1) is 6.92 Å². The first-order valence-corrected chi connectivity index (χ1v) is 10.2. The van der Waals surface area contributed by atoms with Gasteiger partial charge >= 0.3 is 6.18 Å². The molecule has 2 aromatic carbocycles. The minimum absolute atomic E-state index is 0.00738. The van der Waals surface area contributed by atoms with Gasteiger partial charge in [0, 0.05) is 12.1 Å². The molecule has 0 unspecified atom stereocenters. The molecule has 4 rings (SSSR count). The number of ether oxygens (including phenoxy) is 2. The quantitative estimate of drug-likeness (QED) is 0.553. The number of aryl methyl sites for hydroxylation is 1. The Morgan fingerprint density at radius 3 is 2.45 bits per heavy atom. The molecule has 1 amide bonds. The Hall–Kier alpha value is -3.69. The number of carbonyl (C=O) groups is 1. The van der Waals surface area contributed by atoms with Crippen LogP contribution in [0.1, 0.15) is 40.0 Å². The summed E-state index contributed by atoms with van der Waals surface area (Å²) >= 11 is 0. The van der Waals surface area contributed by atoms with Crippen LogP contribution in [0.2, 0.25) is 0 Å². The lowest BCUT2D eigenvalue weighted by molar-refractivity contribution is -0.173. The number of fused-ring (bicyclic) bond motifs is 1. The second-order valence-electron chi connectivity index (χ2n) is 7.78. The number of anilines is 2. The maximum atomic E-state index is 13.9. The molecule has 2 N–H and O–H groups in total. The van der Waals surface area contributed by atoms with Crippen molar-refractivity contribution < 1.29 is 27.4 Å². The molecule has 0 fully saturated rings. The van der Waals surface area contributed by atoms with Crippen molar-refractivity contribution in [1.29, 1.82) is 0 Å². The van der Waals surface area contributed by atoms with E-state index >= 15 is 0 Å². The molecule has 3 aromatic rings. The molecule has 1 aliphatic heterocycles. The molecule has 0 radical (unpaired) electrons. The number of benzene rings is 2. The molecule has 0 bridgehead atoms. The fraction of sp³-hybridized carbons (Fsp3) is 0.304. The van der Waals surface area contributed by atoms with E-state index in [0.29, 0.717) is 22.7 Å². The first kappa shape index (κ1) is 22.5. The van der Waals surface area contributed by atoms with Crippen molar-refractivity contribution in [2.45, 2.75) is 31.6 Å². The van der Waals surface area contributed by atoms with Gasteiger partial charge in [-0.2, -0.15) is 18.3 Å². The van der Waals surface area contributed by atoms with Gasteiger partial charge in [-0.1, -0.05) is 23.8 Å². The van der Waals surface area contributed by atoms with Gasteiger partial charge in [0.2, 0.25) is 0 Å². The van der Waals surface area contributed by atoms with Crippen molar-refractivity contribution >= 4 is 17.4 Å². The normalized spacial score (nSPS) is 17.6. The highest BCUT2D eigenvalue weighted by Gasteiger charge is 2.47. The zero-order chi connectivity index (χ0) is 23.8. The Balaban J connectivity index is 1.69. The summed E-state index contributed by atoms with van der Waals surface area (Å²) in [6.07, 6.45) is -3.70. The van der Waals surface area contributed by atoms with Crippen LogP contribution in [0.4, 0.5) is 24.7 Å². The maximum absolute atomic E-state index is 13.9. The number of hydrogen-bond acceptors (Lipinski definition) is 5. The minimum atomic E-state index is -4.55. The largest absolute Gasteiger partial charge is 0.493 e. The zero-order valence-electron chi connectivity index (χ0n) is 18.2. The lowest BCUT2D eigenvalue weighted by Gasteiger charge is -2.34. The highest BCUT2D eigenvalue weighted by molar-refractivity contribution is 6.07. The molecule has 10 heteroatoms. The van der Waals surface area contributed by atoms with E-state index in [0.717, 1.165) is 16.4 Å². The summed E-state index contributed by atoms with van der Waals surface area (Å²) in [6, 6.07) is 9.41. The summed E-state index contributed by atoms with van der Waals surface area (Å²) in [5, 5.41) is 9.68. The number of nitrogens with zero attached hydrogens (tertiary/aromatic N) is 2. The van der Waals surface area contributed by atoms with Crippen molar-refractivity contribution in [2.75, 3.05) is 24.9 Å². The number of carbonyl (C=O) groups excluding carboxylic acids is 1. The van der Waals surface area contributed by atoms with E-state index in [-0.39, 0.29) is 17.8 Å². The third kappa shape index (κ3) is 4.46. The lowest BCUT2D eigenvalue weighted by Crippen LogP contribution is -2.36. The van der Waals surface area contributed by atoms with Gasteiger partial charge in [-0.15, -0.1) is 0 Å². The molecular formula is C23H23F3N4O3. The van der Waals surface area contributed by atoms with Crippen LogP contribution in [0.15, 0.2) is 48.7 Å². The van der Waals surface area contributed by atoms with Crippen molar-refractivity contribution in [3.05, 3.63) is 65.4 Å². The second kappa shape index (κ2) is 8.68. The highest BCUT2D eigenvalue weighted by Crippen LogP contribution is 2.45. The van der Waals surface area contributed by atoms with Gasteiger partial charge in [-0.05, 0) is 36.8 Å². The Labute approximate surface area is 188 Å². The molecule has 0 saturated heterocycles. The van der Waals surface area contributed by atoms with Crippen LogP contribution in [-0.2, 0) is 0 Å². The van der Waals surface area contributed by atoms with Crippen molar-refractivity contribution in [2.24, 2.45) is 0 Å². The molecular weight excluding hydrogens is 437 g/mol. The molecule has 0 saturated carbocycles. The van der Waals surface area contributed by atoms with Crippen LogP contribution in [0.5, 0.6) is 11.5 Å². The predicted molar refractivity (Wildman–Crippen MR) is 117 cm³/mol. The van der Waals surface area contributed by atoms with Gasteiger partial charge in [-0.3, -0.25) is 4.79 Å². The van der Waals surface area contributed by atoms with Gasteiger partial charge in [0.15, 0.2) is 17.5 Å². The van der Waals surface area contributed by atoms with E-state index in [1.165, 1.54) is 14.2 Å². The van der Waals surface area contributed by atoms with E-state index in [4.69, 9.17) is 9.47 Å². The number of rotatable bonds is 5. The minimum Gasteiger partial charge on any atom is -0.493 e. The summed E-state index contributed by atoms with van der Waals surface area (Å²) < 4.78 is 53.2. The number of nitrogens with one attached hydrogen (secondary N) is 2. The molecule has 7 nitrogen and oxygen atoms in total. The van der Waals surface area contributed by atoms with E-state index in [9.17, 15) is 18.0 Å². The smallest absolute Gasteiger partial charge is 0.410 e. The van der Waals surface area contributed by atoms with Gasteiger partial charge in [0.05, 0.1) is 26.5 Å². The summed E-state index contributed by atoms with van der Waals surface area (Å²) in [5.41, 5.74) is 2.14. The number of amides is 1.